The summed E-state index contributed by atoms with van der Waals surface area (Å²) in [5.41, 5.74) is 14.6. The molecule has 10 aliphatic rings. The monoisotopic (exact) mass is 1280 g/mol. The molecule has 6 heterocycles. The number of thiocarbonyl (C=S) groups is 1. The fourth-order valence-electron chi connectivity index (χ4n) is 18.9. The van der Waals surface area contributed by atoms with E-state index in [0.29, 0.717) is 68.7 Å². The van der Waals surface area contributed by atoms with Crippen molar-refractivity contribution < 1.29 is 34.2 Å². The average molecular weight is 1290 g/mol. The minimum atomic E-state index is -1.07. The summed E-state index contributed by atoms with van der Waals surface area (Å²) >= 11 is 6.64. The number of nitrogens with zero attached hydrogens (tertiary/aromatic N) is 6. The van der Waals surface area contributed by atoms with Gasteiger partial charge in [0, 0.05) is 29.3 Å². The smallest absolute Gasteiger partial charge is 0.656 e. The SMILES string of the molecule is CC1CC(C)CC(c2c3nc(c(N(C4CCC(C=C(C5CCCCC5)C5CCCCC5)CC4)C4CCCC(C)C4)c4ccc([n-]4)c(C4CC(C)CC(C)C4)c4nc(c(C#CC5CCC(C=C6SC(=S)N(CC(=O)O)C6=O)CC5)c5ccc2[n-]5)C=C4)C=C3)C1.[Zn+2]. The number of carboxylic acid groups (broad SMARTS) is 1. The van der Waals surface area contributed by atoms with Gasteiger partial charge in [0.1, 0.15) is 10.9 Å². The van der Waals surface area contributed by atoms with Gasteiger partial charge in [-0.2, -0.15) is 0 Å². The molecule has 0 aromatic carbocycles. The molecule has 7 saturated carbocycles. The third-order valence-corrected chi connectivity index (χ3v) is 24.2. The molecule has 6 atom stereocenters. The van der Waals surface area contributed by atoms with Gasteiger partial charge < -0.3 is 20.0 Å². The van der Waals surface area contributed by atoms with Crippen LogP contribution in [0.3, 0.4) is 0 Å². The van der Waals surface area contributed by atoms with E-state index in [9.17, 15) is 14.7 Å². The Kier molecular flexibility index (Phi) is 20.9. The summed E-state index contributed by atoms with van der Waals surface area (Å²) in [7, 11) is 0. The van der Waals surface area contributed by atoms with Crippen molar-refractivity contribution in [2.45, 2.75) is 238 Å². The number of carbonyl (C=O) groups excluding carboxylic acids is 1. The molecule has 3 aliphatic heterocycles. The second-order valence-electron chi connectivity index (χ2n) is 29.9. The molecule has 0 radical (unpaired) electrons. The number of anilines is 1. The molecule has 13 rings (SSSR count). The van der Waals surface area contributed by atoms with Crippen LogP contribution in [0.4, 0.5) is 5.69 Å². The van der Waals surface area contributed by atoms with Crippen LogP contribution in [0.5, 0.6) is 0 Å². The predicted octanol–water partition coefficient (Wildman–Crippen LogP) is 19.0. The number of amides is 1. The molecule has 0 spiro atoms. The number of thioether (sulfide) groups is 1. The van der Waals surface area contributed by atoms with Crippen LogP contribution in [-0.4, -0.2) is 54.8 Å². The van der Waals surface area contributed by atoms with Gasteiger partial charge in [-0.05, 0) is 229 Å². The van der Waals surface area contributed by atoms with E-state index >= 15 is 0 Å². The number of aromatic nitrogens is 4. The van der Waals surface area contributed by atoms with Gasteiger partial charge in [-0.25, -0.2) is 9.97 Å². The molecule has 89 heavy (non-hydrogen) atoms. The van der Waals surface area contributed by atoms with Gasteiger partial charge >= 0.3 is 25.4 Å². The molecule has 1 N–H and O–H groups in total. The Balaban J connectivity index is 0.00000769. The number of carboxylic acids is 1. The Bertz CT molecular complexity index is 3400. The largest absolute Gasteiger partial charge is 2.00 e. The molecule has 1 amide bonds. The van der Waals surface area contributed by atoms with Crippen molar-refractivity contribution in [3.05, 3.63) is 86.4 Å². The van der Waals surface area contributed by atoms with E-state index in [4.69, 9.17) is 32.2 Å². The number of aliphatic carboxylic acids is 1. The Morgan fingerprint density at radius 1 is 0.607 bits per heavy atom. The first-order valence-electron chi connectivity index (χ1n) is 35.3. The third-order valence-electron chi connectivity index (χ3n) is 22.8. The van der Waals surface area contributed by atoms with Gasteiger partial charge in [0.25, 0.3) is 5.91 Å². The van der Waals surface area contributed by atoms with Crippen molar-refractivity contribution in [3.8, 4) is 11.8 Å². The van der Waals surface area contributed by atoms with Gasteiger partial charge in [0.05, 0.1) is 27.7 Å². The molecular formula is C77H98N6O3S2Zn. The minimum Gasteiger partial charge on any atom is -0.656 e. The summed E-state index contributed by atoms with van der Waals surface area (Å²) in [6.45, 7) is 11.9. The molecule has 8 bridgehead atoms. The maximum atomic E-state index is 13.2. The number of carbonyl (C=O) groups is 2. The normalized spacial score (nSPS) is 30.8. The van der Waals surface area contributed by atoms with Gasteiger partial charge in [-0.15, -0.1) is 22.1 Å². The van der Waals surface area contributed by atoms with Crippen LogP contribution in [0.25, 0.3) is 46.4 Å². The molecular weight excluding hydrogens is 1190 g/mol. The van der Waals surface area contributed by atoms with Crippen molar-refractivity contribution in [1.29, 1.82) is 0 Å². The number of rotatable bonds is 11. The van der Waals surface area contributed by atoms with Crippen molar-refractivity contribution in [1.82, 2.24) is 24.8 Å². The zero-order chi connectivity index (χ0) is 60.6. The number of hydrogen-bond donors (Lipinski definition) is 1. The van der Waals surface area contributed by atoms with E-state index in [-0.39, 0.29) is 37.2 Å². The maximum absolute atomic E-state index is 13.2. The summed E-state index contributed by atoms with van der Waals surface area (Å²) < 4.78 is 0.311. The average Bonchev–Trinajstić information content (AvgIpc) is 3.62. The first-order chi connectivity index (χ1) is 42.7. The second kappa shape index (κ2) is 28.8. The molecule has 7 aliphatic carbocycles. The standard InChI is InChI=1S/C77H99N6O3S2.Zn/c1-47-13-12-18-60(43-47)83(59-26-23-53(24-27-59)44-62(55-14-8-6-9-15-55)56-16-10-7-11-17-56)75-69-35-33-67(80-69)73(57-39-48(2)37-49(3)40-57)65-31-29-63(78-65)61(28-25-52-19-21-54(22-20-52)45-71-76(86)82(46-72(84)85)77(87)88-71)64-30-32-66(79-64)74(68-34-36-70(75)81-68)58-41-50(4)38-51(5)42-58;/h29-36,44-45,47-60H,6-24,26-27,37-43,46H2,1-5H3,(H2-,78,79,80,81,84,85);/q-1;+2/p-1. The van der Waals surface area contributed by atoms with Gasteiger partial charge in [-0.1, -0.05) is 164 Å². The first kappa shape index (κ1) is 64.5. The van der Waals surface area contributed by atoms with E-state index in [1.807, 2.05) is 11.6 Å². The Morgan fingerprint density at radius 3 is 1.72 bits per heavy atom. The maximum Gasteiger partial charge on any atom is 2.00 e. The van der Waals surface area contributed by atoms with Crippen LogP contribution in [0.15, 0.2) is 46.9 Å². The molecule has 3 aromatic rings. The van der Waals surface area contributed by atoms with Crippen LogP contribution in [0, 0.1) is 71.0 Å². The fourth-order valence-corrected chi connectivity index (χ4v) is 20.2. The molecule has 12 heteroatoms. The Morgan fingerprint density at radius 2 is 1.13 bits per heavy atom. The van der Waals surface area contributed by atoms with E-state index < -0.39 is 12.5 Å². The molecule has 9 nitrogen and oxygen atoms in total. The van der Waals surface area contributed by atoms with Crippen LogP contribution in [0.2, 0.25) is 0 Å². The van der Waals surface area contributed by atoms with E-state index in [1.54, 1.807) is 0 Å². The Hall–Kier alpha value is -4.56. The minimum absolute atomic E-state index is 0. The molecule has 468 valence electrons. The number of allylic oxidation sites excluding steroid dienone is 3. The molecule has 6 unspecified atom stereocenters. The zero-order valence-electron chi connectivity index (χ0n) is 54.3. The van der Waals surface area contributed by atoms with Crippen molar-refractivity contribution >= 4 is 92.2 Å². The van der Waals surface area contributed by atoms with Crippen LogP contribution >= 0.6 is 24.0 Å². The van der Waals surface area contributed by atoms with E-state index in [2.05, 4.69) is 106 Å². The first-order valence-corrected chi connectivity index (χ1v) is 36.5. The number of fused-ring (bicyclic) bond motifs is 8. The van der Waals surface area contributed by atoms with Gasteiger partial charge in [0.2, 0.25) is 0 Å². The van der Waals surface area contributed by atoms with E-state index in [1.165, 1.54) is 162 Å². The predicted molar refractivity (Wildman–Crippen MR) is 367 cm³/mol. The zero-order valence-corrected chi connectivity index (χ0v) is 58.9. The summed E-state index contributed by atoms with van der Waals surface area (Å²) in [6, 6.07) is 10.1. The second-order valence-corrected chi connectivity index (χ2v) is 31.6. The fraction of sp³-hybridized carbons (Fsp3) is 0.623. The van der Waals surface area contributed by atoms with Crippen molar-refractivity contribution in [2.75, 3.05) is 11.4 Å². The van der Waals surface area contributed by atoms with Gasteiger partial charge in [0.15, 0.2) is 0 Å². The van der Waals surface area contributed by atoms with Crippen molar-refractivity contribution in [2.24, 2.45) is 59.2 Å². The quantitative estimate of drug-likeness (QED) is 0.0451. The van der Waals surface area contributed by atoms with E-state index in [0.717, 1.165) is 114 Å². The molecule has 3 aromatic heterocycles. The van der Waals surface area contributed by atoms with Crippen molar-refractivity contribution in [3.63, 3.8) is 0 Å². The van der Waals surface area contributed by atoms with Gasteiger partial charge in [-0.3, -0.25) is 14.5 Å². The number of hydrogen-bond acceptors (Lipinski definition) is 7. The summed E-state index contributed by atoms with van der Waals surface area (Å²) in [5, 5.41) is 9.41. The third kappa shape index (κ3) is 14.6. The van der Waals surface area contributed by atoms with Crippen LogP contribution in [-0.2, 0) is 29.1 Å². The van der Waals surface area contributed by atoms with Crippen LogP contribution in [0.1, 0.15) is 266 Å². The topological polar surface area (TPSA) is 115 Å². The van der Waals surface area contributed by atoms with Crippen LogP contribution < -0.4 is 14.9 Å². The molecule has 8 fully saturated rings. The summed E-state index contributed by atoms with van der Waals surface area (Å²) in [6.07, 6.45) is 48.7. The summed E-state index contributed by atoms with van der Waals surface area (Å²) in [4.78, 5) is 52.8. The summed E-state index contributed by atoms with van der Waals surface area (Å²) in [5.74, 6) is 12.6. The molecule has 1 saturated heterocycles. The Labute approximate surface area is 554 Å².